The van der Waals surface area contributed by atoms with Gasteiger partial charge in [0.1, 0.15) is 5.82 Å². The number of carboxylic acid groups (broad SMARTS) is 1. The summed E-state index contributed by atoms with van der Waals surface area (Å²) in [6.45, 7) is 4.54. The molecule has 3 aromatic rings. The smallest absolute Gasteiger partial charge is 0.412 e. The number of nitrogens with zero attached hydrogens (tertiary/aromatic N) is 1. The number of amides is 2. The van der Waals surface area contributed by atoms with Crippen molar-refractivity contribution < 1.29 is 24.2 Å². The predicted octanol–water partition coefficient (Wildman–Crippen LogP) is 4.71. The Morgan fingerprint density at radius 1 is 1.12 bits per heavy atom. The number of anilines is 2. The second kappa shape index (κ2) is 7.47. The van der Waals surface area contributed by atoms with Crippen molar-refractivity contribution >= 4 is 34.4 Å². The summed E-state index contributed by atoms with van der Waals surface area (Å²) in [5, 5.41) is 13.4. The Labute approximate surface area is 185 Å². The van der Waals surface area contributed by atoms with E-state index in [9.17, 15) is 14.7 Å². The van der Waals surface area contributed by atoms with Crippen LogP contribution < -0.4 is 19.7 Å². The summed E-state index contributed by atoms with van der Waals surface area (Å²) in [7, 11) is 0. The number of nitrogens with one attached hydrogen (secondary N) is 2. The predicted molar refractivity (Wildman–Crippen MR) is 121 cm³/mol. The molecule has 1 saturated carbocycles. The van der Waals surface area contributed by atoms with Crippen molar-refractivity contribution in [3.05, 3.63) is 48.0 Å². The van der Waals surface area contributed by atoms with Crippen molar-refractivity contribution in [1.82, 2.24) is 4.98 Å². The van der Waals surface area contributed by atoms with Crippen LogP contribution in [-0.4, -0.2) is 35.4 Å². The molecule has 1 fully saturated rings. The minimum absolute atomic E-state index is 0.0570. The molecule has 2 amide bonds. The van der Waals surface area contributed by atoms with E-state index in [1.54, 1.807) is 6.07 Å². The van der Waals surface area contributed by atoms with Gasteiger partial charge in [-0.3, -0.25) is 9.69 Å². The molecule has 32 heavy (non-hydrogen) atoms. The largest absolute Gasteiger partial charge is 0.465 e. The van der Waals surface area contributed by atoms with Gasteiger partial charge in [0.15, 0.2) is 11.5 Å². The van der Waals surface area contributed by atoms with E-state index in [1.807, 2.05) is 50.2 Å². The zero-order chi connectivity index (χ0) is 22.5. The number of hydrogen-bond donors (Lipinski definition) is 3. The topological polar surface area (TPSA) is 104 Å². The van der Waals surface area contributed by atoms with Crippen LogP contribution in [0.5, 0.6) is 11.5 Å². The second-order valence-electron chi connectivity index (χ2n) is 8.85. The minimum Gasteiger partial charge on any atom is -0.465 e. The molecule has 0 atom stereocenters. The fourth-order valence-corrected chi connectivity index (χ4v) is 4.20. The van der Waals surface area contributed by atoms with Gasteiger partial charge < -0.3 is 24.9 Å². The van der Waals surface area contributed by atoms with Gasteiger partial charge in [0.25, 0.3) is 0 Å². The first kappa shape index (κ1) is 20.2. The monoisotopic (exact) mass is 435 g/mol. The molecule has 1 aromatic heterocycles. The van der Waals surface area contributed by atoms with Gasteiger partial charge in [0.05, 0.1) is 5.41 Å². The molecule has 0 radical (unpaired) electrons. The normalized spacial score (nSPS) is 15.7. The van der Waals surface area contributed by atoms with Gasteiger partial charge >= 0.3 is 6.09 Å². The van der Waals surface area contributed by atoms with Crippen LogP contribution in [0.4, 0.5) is 16.3 Å². The molecule has 1 aliphatic carbocycles. The van der Waals surface area contributed by atoms with Crippen LogP contribution >= 0.6 is 0 Å². The molecule has 2 aliphatic rings. The first-order chi connectivity index (χ1) is 15.4. The van der Waals surface area contributed by atoms with Crippen molar-refractivity contribution in [3.63, 3.8) is 0 Å². The number of fused-ring (bicyclic) bond motifs is 2. The van der Waals surface area contributed by atoms with Gasteiger partial charge in [-0.2, -0.15) is 0 Å². The molecule has 2 aromatic carbocycles. The Morgan fingerprint density at radius 3 is 2.62 bits per heavy atom. The number of hydrogen-bond acceptors (Lipinski definition) is 4. The van der Waals surface area contributed by atoms with Crippen LogP contribution in [0.1, 0.15) is 32.3 Å². The lowest BCUT2D eigenvalue weighted by Gasteiger charge is -2.19. The van der Waals surface area contributed by atoms with E-state index in [4.69, 9.17) is 9.47 Å². The molecule has 3 N–H and O–H groups in total. The van der Waals surface area contributed by atoms with Crippen LogP contribution in [0.2, 0.25) is 0 Å². The summed E-state index contributed by atoms with van der Waals surface area (Å²) in [6.07, 6.45) is 0.550. The standard InChI is InChI=1S/C24H25N3O5/c1-14(2)12-27(23(29)30)21-10-15-9-17(4-5-18(15)26-21)25-22(28)24(7-8-24)16-3-6-19-20(11-16)32-13-31-19/h3-6,9-11,14,26H,7-8,12-13H2,1-2H3,(H,25,28)(H,29,30). The third kappa shape index (κ3) is 3.51. The molecule has 166 valence electrons. The van der Waals surface area contributed by atoms with Crippen LogP contribution in [0.15, 0.2) is 42.5 Å². The number of aromatic nitrogens is 1. The Kier molecular flexibility index (Phi) is 4.73. The van der Waals surface area contributed by atoms with Gasteiger partial charge in [-0.1, -0.05) is 19.9 Å². The Hall–Kier alpha value is -3.68. The average Bonchev–Trinajstić information content (AvgIpc) is 3.25. The van der Waals surface area contributed by atoms with Crippen LogP contribution in [0.3, 0.4) is 0 Å². The highest BCUT2D eigenvalue weighted by Crippen LogP contribution is 2.51. The second-order valence-corrected chi connectivity index (χ2v) is 8.85. The average molecular weight is 435 g/mol. The molecule has 5 rings (SSSR count). The van der Waals surface area contributed by atoms with Gasteiger partial charge in [-0.25, -0.2) is 4.79 Å². The highest BCUT2D eigenvalue weighted by Gasteiger charge is 2.51. The maximum atomic E-state index is 13.2. The molecule has 2 heterocycles. The highest BCUT2D eigenvalue weighted by molar-refractivity contribution is 6.03. The molecule has 0 unspecified atom stereocenters. The van der Waals surface area contributed by atoms with Crippen LogP contribution in [0.25, 0.3) is 10.9 Å². The number of ether oxygens (including phenoxy) is 2. The lowest BCUT2D eigenvalue weighted by atomic mass is 9.94. The Bertz CT molecular complexity index is 1210. The lowest BCUT2D eigenvalue weighted by Crippen LogP contribution is -2.32. The maximum Gasteiger partial charge on any atom is 0.412 e. The number of benzene rings is 2. The number of aromatic amines is 1. The Morgan fingerprint density at radius 2 is 1.91 bits per heavy atom. The molecule has 0 saturated heterocycles. The SMILES string of the molecule is CC(C)CN(C(=O)O)c1cc2cc(NC(=O)C3(c4ccc5c(c4)OCO5)CC3)ccc2[nH]1. The first-order valence-corrected chi connectivity index (χ1v) is 10.7. The van der Waals surface area contributed by atoms with Crippen molar-refractivity contribution in [2.75, 3.05) is 23.6 Å². The van der Waals surface area contributed by atoms with Gasteiger partial charge in [0.2, 0.25) is 12.7 Å². The van der Waals surface area contributed by atoms with Gasteiger partial charge in [-0.05, 0) is 60.7 Å². The van der Waals surface area contributed by atoms with Gasteiger partial charge in [0, 0.05) is 23.1 Å². The number of H-pyrrole nitrogens is 1. The van der Waals surface area contributed by atoms with E-state index < -0.39 is 11.5 Å². The summed E-state index contributed by atoms with van der Waals surface area (Å²) >= 11 is 0. The summed E-state index contributed by atoms with van der Waals surface area (Å²) in [4.78, 5) is 29.3. The quantitative estimate of drug-likeness (QED) is 0.520. The maximum absolute atomic E-state index is 13.2. The molecular weight excluding hydrogens is 410 g/mol. The summed E-state index contributed by atoms with van der Waals surface area (Å²) in [6, 6.07) is 13.0. The molecule has 1 aliphatic heterocycles. The van der Waals surface area contributed by atoms with E-state index in [-0.39, 0.29) is 18.6 Å². The third-order valence-corrected chi connectivity index (χ3v) is 6.04. The van der Waals surface area contributed by atoms with E-state index >= 15 is 0 Å². The van der Waals surface area contributed by atoms with Crippen LogP contribution in [-0.2, 0) is 10.2 Å². The fraction of sp³-hybridized carbons (Fsp3) is 0.333. The number of carbonyl (C=O) groups is 2. The Balaban J connectivity index is 1.37. The van der Waals surface area contributed by atoms with E-state index in [0.29, 0.717) is 29.5 Å². The van der Waals surface area contributed by atoms with Gasteiger partial charge in [-0.15, -0.1) is 0 Å². The lowest BCUT2D eigenvalue weighted by molar-refractivity contribution is -0.118. The minimum atomic E-state index is -1.00. The zero-order valence-electron chi connectivity index (χ0n) is 18.0. The summed E-state index contributed by atoms with van der Waals surface area (Å²) in [5.41, 5.74) is 1.85. The van der Waals surface area contributed by atoms with Crippen molar-refractivity contribution in [3.8, 4) is 11.5 Å². The van der Waals surface area contributed by atoms with Crippen molar-refractivity contribution in [1.29, 1.82) is 0 Å². The van der Waals surface area contributed by atoms with E-state index in [1.165, 1.54) is 4.90 Å². The number of rotatable bonds is 6. The summed E-state index contributed by atoms with van der Waals surface area (Å²) in [5.74, 6) is 2.03. The van der Waals surface area contributed by atoms with E-state index in [0.717, 1.165) is 29.3 Å². The first-order valence-electron chi connectivity index (χ1n) is 10.7. The third-order valence-electron chi connectivity index (χ3n) is 6.04. The summed E-state index contributed by atoms with van der Waals surface area (Å²) < 4.78 is 10.8. The van der Waals surface area contributed by atoms with E-state index in [2.05, 4.69) is 10.3 Å². The fourth-order valence-electron chi connectivity index (χ4n) is 4.20. The number of carbonyl (C=O) groups excluding carboxylic acids is 1. The van der Waals surface area contributed by atoms with Crippen molar-refractivity contribution in [2.45, 2.75) is 32.1 Å². The molecule has 8 heteroatoms. The zero-order valence-corrected chi connectivity index (χ0v) is 18.0. The highest BCUT2D eigenvalue weighted by atomic mass is 16.7. The van der Waals surface area contributed by atoms with Crippen LogP contribution in [0, 0.1) is 5.92 Å². The van der Waals surface area contributed by atoms with Crippen molar-refractivity contribution in [2.24, 2.45) is 5.92 Å². The molecular formula is C24H25N3O5. The molecule has 0 bridgehead atoms. The molecule has 0 spiro atoms. The molecule has 8 nitrogen and oxygen atoms in total.